The maximum Gasteiger partial charge on any atom is 0.129 e. The van der Waals surface area contributed by atoms with Gasteiger partial charge in [-0.2, -0.15) is 0 Å². The molecular weight excluding hydrogens is 209 g/mol. The van der Waals surface area contributed by atoms with Crippen molar-refractivity contribution < 1.29 is 4.39 Å². The SMILES string of the molecule is Cc1nc2cc(CCl)c(F)cc2s1. The third-order valence-electron chi connectivity index (χ3n) is 1.81. The average molecular weight is 216 g/mol. The second-order valence-corrected chi connectivity index (χ2v) is 4.28. The zero-order chi connectivity index (χ0) is 9.42. The molecule has 68 valence electrons. The number of fused-ring (bicyclic) bond motifs is 1. The molecule has 0 bridgehead atoms. The highest BCUT2D eigenvalue weighted by atomic mass is 35.5. The number of hydrogen-bond donors (Lipinski definition) is 0. The van der Waals surface area contributed by atoms with Crippen molar-refractivity contribution in [1.82, 2.24) is 4.98 Å². The molecule has 0 unspecified atom stereocenters. The Balaban J connectivity index is 2.72. The van der Waals surface area contributed by atoms with E-state index in [0.29, 0.717) is 5.56 Å². The van der Waals surface area contributed by atoms with Crippen LogP contribution in [0.15, 0.2) is 12.1 Å². The fraction of sp³-hybridized carbons (Fsp3) is 0.222. The number of hydrogen-bond acceptors (Lipinski definition) is 2. The first-order chi connectivity index (χ1) is 6.20. The lowest BCUT2D eigenvalue weighted by Crippen LogP contribution is -1.84. The van der Waals surface area contributed by atoms with E-state index in [-0.39, 0.29) is 11.7 Å². The molecule has 2 rings (SSSR count). The predicted octanol–water partition coefficient (Wildman–Crippen LogP) is 3.48. The van der Waals surface area contributed by atoms with Gasteiger partial charge in [-0.25, -0.2) is 9.37 Å². The molecule has 0 fully saturated rings. The first kappa shape index (κ1) is 8.91. The van der Waals surface area contributed by atoms with E-state index >= 15 is 0 Å². The second kappa shape index (κ2) is 3.24. The summed E-state index contributed by atoms with van der Waals surface area (Å²) in [6.07, 6.45) is 0. The number of rotatable bonds is 1. The molecule has 0 amide bonds. The van der Waals surface area contributed by atoms with Crippen LogP contribution in [0.3, 0.4) is 0 Å². The Morgan fingerprint density at radius 1 is 1.54 bits per heavy atom. The van der Waals surface area contributed by atoms with Crippen molar-refractivity contribution in [2.24, 2.45) is 0 Å². The topological polar surface area (TPSA) is 12.9 Å². The summed E-state index contributed by atoms with van der Waals surface area (Å²) in [5, 5.41) is 0.945. The van der Waals surface area contributed by atoms with Crippen LogP contribution in [0.1, 0.15) is 10.6 Å². The molecule has 0 N–H and O–H groups in total. The lowest BCUT2D eigenvalue weighted by molar-refractivity contribution is 0.619. The molecular formula is C9H7ClFNS. The number of halogens is 2. The van der Waals surface area contributed by atoms with Crippen LogP contribution in [0, 0.1) is 12.7 Å². The fourth-order valence-corrected chi connectivity index (χ4v) is 2.25. The Morgan fingerprint density at radius 3 is 3.00 bits per heavy atom. The van der Waals surface area contributed by atoms with Crippen LogP contribution in [0.5, 0.6) is 0 Å². The van der Waals surface area contributed by atoms with Crippen molar-refractivity contribution >= 4 is 33.2 Å². The minimum absolute atomic E-state index is 0.193. The number of aromatic nitrogens is 1. The van der Waals surface area contributed by atoms with E-state index in [2.05, 4.69) is 4.98 Å². The molecule has 0 saturated carbocycles. The fourth-order valence-electron chi connectivity index (χ4n) is 1.21. The molecule has 13 heavy (non-hydrogen) atoms. The number of aryl methyl sites for hydroxylation is 1. The minimum Gasteiger partial charge on any atom is -0.242 e. The molecule has 0 spiro atoms. The number of benzene rings is 1. The zero-order valence-corrected chi connectivity index (χ0v) is 8.55. The van der Waals surface area contributed by atoms with Crippen molar-refractivity contribution in [2.45, 2.75) is 12.8 Å². The van der Waals surface area contributed by atoms with Crippen LogP contribution in [-0.2, 0) is 5.88 Å². The molecule has 2 aromatic rings. The van der Waals surface area contributed by atoms with Crippen molar-refractivity contribution in [3.8, 4) is 0 Å². The monoisotopic (exact) mass is 215 g/mol. The first-order valence-corrected chi connectivity index (χ1v) is 5.17. The van der Waals surface area contributed by atoms with E-state index in [1.807, 2.05) is 6.92 Å². The first-order valence-electron chi connectivity index (χ1n) is 3.82. The smallest absolute Gasteiger partial charge is 0.129 e. The molecule has 0 radical (unpaired) electrons. The molecule has 0 atom stereocenters. The second-order valence-electron chi connectivity index (χ2n) is 2.78. The summed E-state index contributed by atoms with van der Waals surface area (Å²) >= 11 is 7.07. The van der Waals surface area contributed by atoms with E-state index in [9.17, 15) is 4.39 Å². The molecule has 0 aliphatic carbocycles. The van der Waals surface area contributed by atoms with Gasteiger partial charge in [0.25, 0.3) is 0 Å². The third-order valence-corrected chi connectivity index (χ3v) is 3.03. The summed E-state index contributed by atoms with van der Waals surface area (Å²) in [7, 11) is 0. The molecule has 1 nitrogen and oxygen atoms in total. The van der Waals surface area contributed by atoms with Crippen molar-refractivity contribution in [2.75, 3.05) is 0 Å². The lowest BCUT2D eigenvalue weighted by Gasteiger charge is -1.96. The van der Waals surface area contributed by atoms with Gasteiger partial charge < -0.3 is 0 Å². The summed E-state index contributed by atoms with van der Waals surface area (Å²) < 4.78 is 14.1. The zero-order valence-electron chi connectivity index (χ0n) is 6.97. The van der Waals surface area contributed by atoms with Gasteiger partial charge in [0.15, 0.2) is 0 Å². The molecule has 0 aliphatic heterocycles. The van der Waals surface area contributed by atoms with Crippen molar-refractivity contribution in [3.05, 3.63) is 28.5 Å². The van der Waals surface area contributed by atoms with E-state index < -0.39 is 0 Å². The van der Waals surface area contributed by atoms with Gasteiger partial charge in [-0.3, -0.25) is 0 Å². The number of nitrogens with zero attached hydrogens (tertiary/aromatic N) is 1. The summed E-state index contributed by atoms with van der Waals surface area (Å²) in [6, 6.07) is 3.21. The summed E-state index contributed by atoms with van der Waals surface area (Å²) in [4.78, 5) is 4.26. The maximum absolute atomic E-state index is 13.2. The van der Waals surface area contributed by atoms with Crippen LogP contribution in [0.4, 0.5) is 4.39 Å². The van der Waals surface area contributed by atoms with E-state index in [4.69, 9.17) is 11.6 Å². The summed E-state index contributed by atoms with van der Waals surface area (Å²) in [6.45, 7) is 1.91. The molecule has 1 aromatic heterocycles. The Kier molecular flexibility index (Phi) is 2.22. The Morgan fingerprint density at radius 2 is 2.31 bits per heavy atom. The van der Waals surface area contributed by atoms with Crippen LogP contribution >= 0.6 is 22.9 Å². The van der Waals surface area contributed by atoms with Crippen LogP contribution in [-0.4, -0.2) is 4.98 Å². The molecule has 1 aromatic carbocycles. The standard InChI is InChI=1S/C9H7ClFNS/c1-5-12-8-2-6(4-10)7(11)3-9(8)13-5/h2-3H,4H2,1H3. The summed E-state index contributed by atoms with van der Waals surface area (Å²) in [5.74, 6) is -0.0515. The Labute approximate surface area is 84.2 Å². The number of alkyl halides is 1. The van der Waals surface area contributed by atoms with Crippen molar-refractivity contribution in [3.63, 3.8) is 0 Å². The van der Waals surface area contributed by atoms with Gasteiger partial charge in [-0.15, -0.1) is 22.9 Å². The largest absolute Gasteiger partial charge is 0.242 e. The quantitative estimate of drug-likeness (QED) is 0.664. The molecule has 0 saturated heterocycles. The highest BCUT2D eigenvalue weighted by molar-refractivity contribution is 7.18. The van der Waals surface area contributed by atoms with Gasteiger partial charge in [0.1, 0.15) is 5.82 Å². The summed E-state index contributed by atoms with van der Waals surface area (Å²) in [5.41, 5.74) is 1.35. The van der Waals surface area contributed by atoms with Crippen LogP contribution < -0.4 is 0 Å². The van der Waals surface area contributed by atoms with Gasteiger partial charge in [-0.1, -0.05) is 0 Å². The van der Waals surface area contributed by atoms with Crippen LogP contribution in [0.2, 0.25) is 0 Å². The van der Waals surface area contributed by atoms with Crippen molar-refractivity contribution in [1.29, 1.82) is 0 Å². The molecule has 0 aliphatic rings. The van der Waals surface area contributed by atoms with E-state index in [1.165, 1.54) is 17.4 Å². The minimum atomic E-state index is -0.244. The maximum atomic E-state index is 13.2. The Hall–Kier alpha value is -0.670. The van der Waals surface area contributed by atoms with Gasteiger partial charge in [0.2, 0.25) is 0 Å². The number of thiazole rings is 1. The van der Waals surface area contributed by atoms with E-state index in [1.54, 1.807) is 6.07 Å². The lowest BCUT2D eigenvalue weighted by atomic mass is 10.2. The Bertz CT molecular complexity index is 452. The molecule has 1 heterocycles. The van der Waals surface area contributed by atoms with Gasteiger partial charge in [0.05, 0.1) is 21.1 Å². The van der Waals surface area contributed by atoms with Crippen LogP contribution in [0.25, 0.3) is 10.2 Å². The van der Waals surface area contributed by atoms with Gasteiger partial charge in [-0.05, 0) is 19.1 Å². The van der Waals surface area contributed by atoms with Gasteiger partial charge >= 0.3 is 0 Å². The predicted molar refractivity (Wildman–Crippen MR) is 53.9 cm³/mol. The third kappa shape index (κ3) is 1.54. The average Bonchev–Trinajstić information content (AvgIpc) is 2.42. The van der Waals surface area contributed by atoms with E-state index in [0.717, 1.165) is 15.2 Å². The molecule has 4 heteroatoms. The normalized spacial score (nSPS) is 11.0. The highest BCUT2D eigenvalue weighted by Gasteiger charge is 2.06. The van der Waals surface area contributed by atoms with Gasteiger partial charge in [0, 0.05) is 5.56 Å². The highest BCUT2D eigenvalue weighted by Crippen LogP contribution is 2.25.